The van der Waals surface area contributed by atoms with Crippen LogP contribution in [0, 0.1) is 5.92 Å². The first kappa shape index (κ1) is 10.3. The predicted molar refractivity (Wildman–Crippen MR) is 60.7 cm³/mol. The van der Waals surface area contributed by atoms with Crippen LogP contribution in [-0.2, 0) is 12.8 Å². The van der Waals surface area contributed by atoms with Crippen molar-refractivity contribution in [1.29, 1.82) is 0 Å². The van der Waals surface area contributed by atoms with Gasteiger partial charge in [-0.1, -0.05) is 13.8 Å². The molecule has 1 heterocycles. The molecular formula is C13H18O2. The highest BCUT2D eigenvalue weighted by atomic mass is 16.5. The Morgan fingerprint density at radius 3 is 2.87 bits per heavy atom. The van der Waals surface area contributed by atoms with E-state index in [2.05, 4.69) is 13.8 Å². The number of methoxy groups -OCH3 is 1. The van der Waals surface area contributed by atoms with E-state index in [-0.39, 0.29) is 0 Å². The number of hydrogen-bond donors (Lipinski definition) is 0. The fourth-order valence-corrected chi connectivity index (χ4v) is 2.15. The van der Waals surface area contributed by atoms with Gasteiger partial charge in [0.15, 0.2) is 0 Å². The summed E-state index contributed by atoms with van der Waals surface area (Å²) in [5.41, 5.74) is 2.69. The Bertz CT molecular complexity index is 356. The fourth-order valence-electron chi connectivity index (χ4n) is 2.15. The summed E-state index contributed by atoms with van der Waals surface area (Å²) in [6.45, 7) is 5.27. The van der Waals surface area contributed by atoms with Crippen LogP contribution >= 0.6 is 0 Å². The van der Waals surface area contributed by atoms with Crippen molar-refractivity contribution in [3.63, 3.8) is 0 Å². The third kappa shape index (κ3) is 1.94. The summed E-state index contributed by atoms with van der Waals surface area (Å²) in [7, 11) is 1.74. The Kier molecular flexibility index (Phi) is 2.85. The molecule has 2 nitrogen and oxygen atoms in total. The fraction of sp³-hybridized carbons (Fsp3) is 0.538. The Hall–Kier alpha value is -1.18. The summed E-state index contributed by atoms with van der Waals surface area (Å²) in [6, 6.07) is 4.03. The lowest BCUT2D eigenvalue weighted by molar-refractivity contribution is 0.356. The van der Waals surface area contributed by atoms with Crippen molar-refractivity contribution in [2.45, 2.75) is 26.7 Å². The molecule has 0 atom stereocenters. The average molecular weight is 206 g/mol. The molecule has 0 fully saturated rings. The largest absolute Gasteiger partial charge is 0.496 e. The first-order chi connectivity index (χ1) is 7.22. The van der Waals surface area contributed by atoms with Gasteiger partial charge in [0.05, 0.1) is 13.7 Å². The minimum absolute atomic E-state index is 0.644. The van der Waals surface area contributed by atoms with E-state index in [1.54, 1.807) is 7.11 Å². The Balaban J connectivity index is 2.42. The van der Waals surface area contributed by atoms with E-state index in [1.165, 1.54) is 11.1 Å². The number of ether oxygens (including phenoxy) is 2. The van der Waals surface area contributed by atoms with Crippen molar-refractivity contribution in [1.82, 2.24) is 0 Å². The number of benzene rings is 1. The van der Waals surface area contributed by atoms with Gasteiger partial charge in [-0.25, -0.2) is 0 Å². The Labute approximate surface area is 91.2 Å². The van der Waals surface area contributed by atoms with Crippen molar-refractivity contribution in [3.8, 4) is 11.5 Å². The summed E-state index contributed by atoms with van der Waals surface area (Å²) in [4.78, 5) is 0. The zero-order valence-electron chi connectivity index (χ0n) is 9.67. The molecular weight excluding hydrogens is 188 g/mol. The summed E-state index contributed by atoms with van der Waals surface area (Å²) in [5, 5.41) is 0. The number of rotatable bonds is 3. The van der Waals surface area contributed by atoms with Gasteiger partial charge in [0.2, 0.25) is 0 Å². The highest BCUT2D eigenvalue weighted by Crippen LogP contribution is 2.35. The van der Waals surface area contributed by atoms with Crippen LogP contribution < -0.4 is 9.47 Å². The monoisotopic (exact) mass is 206 g/mol. The van der Waals surface area contributed by atoms with Crippen LogP contribution in [0.25, 0.3) is 0 Å². The minimum Gasteiger partial charge on any atom is -0.496 e. The van der Waals surface area contributed by atoms with Crippen molar-refractivity contribution in [2.75, 3.05) is 13.7 Å². The highest BCUT2D eigenvalue weighted by Gasteiger charge is 2.19. The Morgan fingerprint density at radius 1 is 1.40 bits per heavy atom. The maximum absolute atomic E-state index is 5.56. The zero-order valence-corrected chi connectivity index (χ0v) is 9.67. The molecule has 1 aliphatic heterocycles. The molecule has 0 unspecified atom stereocenters. The second-order valence-electron chi connectivity index (χ2n) is 4.42. The van der Waals surface area contributed by atoms with Crippen LogP contribution in [0.4, 0.5) is 0 Å². The van der Waals surface area contributed by atoms with E-state index in [0.717, 1.165) is 30.9 Å². The number of fused-ring (bicyclic) bond motifs is 1. The van der Waals surface area contributed by atoms with Crippen LogP contribution in [0.1, 0.15) is 25.0 Å². The van der Waals surface area contributed by atoms with Gasteiger partial charge in [-0.3, -0.25) is 0 Å². The molecule has 0 N–H and O–H groups in total. The topological polar surface area (TPSA) is 18.5 Å². The van der Waals surface area contributed by atoms with E-state index >= 15 is 0 Å². The highest BCUT2D eigenvalue weighted by molar-refractivity contribution is 5.50. The Morgan fingerprint density at radius 2 is 2.20 bits per heavy atom. The SMILES string of the molecule is COc1ccc2c(c1CC(C)C)CCO2. The van der Waals surface area contributed by atoms with Gasteiger partial charge in [-0.2, -0.15) is 0 Å². The molecule has 0 radical (unpaired) electrons. The molecule has 82 valence electrons. The van der Waals surface area contributed by atoms with E-state index in [4.69, 9.17) is 9.47 Å². The van der Waals surface area contributed by atoms with Crippen LogP contribution in [0.2, 0.25) is 0 Å². The van der Waals surface area contributed by atoms with E-state index < -0.39 is 0 Å². The molecule has 2 rings (SSSR count). The second-order valence-corrected chi connectivity index (χ2v) is 4.42. The predicted octanol–water partition coefficient (Wildman–Crippen LogP) is 2.83. The molecule has 2 heteroatoms. The lowest BCUT2D eigenvalue weighted by Gasteiger charge is -2.14. The van der Waals surface area contributed by atoms with Crippen molar-refractivity contribution in [2.24, 2.45) is 5.92 Å². The lowest BCUT2D eigenvalue weighted by Crippen LogP contribution is -2.01. The first-order valence-corrected chi connectivity index (χ1v) is 5.54. The van der Waals surface area contributed by atoms with Crippen LogP contribution in [-0.4, -0.2) is 13.7 Å². The molecule has 0 spiro atoms. The van der Waals surface area contributed by atoms with Gasteiger partial charge < -0.3 is 9.47 Å². The van der Waals surface area contributed by atoms with E-state index in [0.29, 0.717) is 5.92 Å². The maximum Gasteiger partial charge on any atom is 0.123 e. The summed E-state index contributed by atoms with van der Waals surface area (Å²) < 4.78 is 11.0. The third-order valence-corrected chi connectivity index (χ3v) is 2.79. The lowest BCUT2D eigenvalue weighted by atomic mass is 9.95. The molecule has 0 amide bonds. The molecule has 0 saturated carbocycles. The van der Waals surface area contributed by atoms with Gasteiger partial charge in [-0.05, 0) is 24.5 Å². The average Bonchev–Trinajstić information content (AvgIpc) is 2.65. The summed E-state index contributed by atoms with van der Waals surface area (Å²) in [5.74, 6) is 2.70. The standard InChI is InChI=1S/C13H18O2/c1-9(2)8-11-10-6-7-15-13(10)5-4-12(11)14-3/h4-5,9H,6-8H2,1-3H3. The molecule has 1 aromatic carbocycles. The van der Waals surface area contributed by atoms with E-state index in [1.807, 2.05) is 12.1 Å². The van der Waals surface area contributed by atoms with Crippen LogP contribution in [0.3, 0.4) is 0 Å². The molecule has 0 aromatic heterocycles. The normalized spacial score (nSPS) is 13.9. The van der Waals surface area contributed by atoms with Crippen molar-refractivity contribution < 1.29 is 9.47 Å². The molecule has 1 aliphatic rings. The summed E-state index contributed by atoms with van der Waals surface area (Å²) >= 11 is 0. The second kappa shape index (κ2) is 4.13. The minimum atomic E-state index is 0.644. The van der Waals surface area contributed by atoms with Crippen molar-refractivity contribution >= 4 is 0 Å². The number of hydrogen-bond acceptors (Lipinski definition) is 2. The molecule has 15 heavy (non-hydrogen) atoms. The van der Waals surface area contributed by atoms with Gasteiger partial charge in [0.1, 0.15) is 11.5 Å². The van der Waals surface area contributed by atoms with Crippen LogP contribution in [0.15, 0.2) is 12.1 Å². The molecule has 0 bridgehead atoms. The summed E-state index contributed by atoms with van der Waals surface area (Å²) in [6.07, 6.45) is 2.09. The van der Waals surface area contributed by atoms with Crippen molar-refractivity contribution in [3.05, 3.63) is 23.3 Å². The molecule has 0 saturated heterocycles. The van der Waals surface area contributed by atoms with Gasteiger partial charge in [0.25, 0.3) is 0 Å². The maximum atomic E-state index is 5.56. The molecule has 1 aromatic rings. The van der Waals surface area contributed by atoms with Gasteiger partial charge >= 0.3 is 0 Å². The third-order valence-electron chi connectivity index (χ3n) is 2.79. The van der Waals surface area contributed by atoms with Crippen LogP contribution in [0.5, 0.6) is 11.5 Å². The van der Waals surface area contributed by atoms with E-state index in [9.17, 15) is 0 Å². The zero-order chi connectivity index (χ0) is 10.8. The first-order valence-electron chi connectivity index (χ1n) is 5.54. The quantitative estimate of drug-likeness (QED) is 0.757. The van der Waals surface area contributed by atoms with Gasteiger partial charge in [-0.15, -0.1) is 0 Å². The smallest absolute Gasteiger partial charge is 0.123 e. The van der Waals surface area contributed by atoms with Gasteiger partial charge in [0, 0.05) is 17.5 Å². The molecule has 0 aliphatic carbocycles.